The zero-order chi connectivity index (χ0) is 10.7. The van der Waals surface area contributed by atoms with Crippen LogP contribution in [0.5, 0.6) is 0 Å². The maximum atomic E-state index is 11.7. The third-order valence-electron chi connectivity index (χ3n) is 2.12. The van der Waals surface area contributed by atoms with Crippen LogP contribution in [0.2, 0.25) is 0 Å². The van der Waals surface area contributed by atoms with Crippen molar-refractivity contribution in [1.29, 1.82) is 5.26 Å². The minimum atomic E-state index is -0.581. The van der Waals surface area contributed by atoms with Gasteiger partial charge >= 0.3 is 0 Å². The lowest BCUT2D eigenvalue weighted by Gasteiger charge is -2.07. The Hall–Kier alpha value is -1.14. The van der Waals surface area contributed by atoms with E-state index in [1.54, 1.807) is 19.1 Å². The van der Waals surface area contributed by atoms with Crippen LogP contribution in [0, 0.1) is 24.2 Å². The van der Waals surface area contributed by atoms with E-state index in [1.165, 1.54) is 0 Å². The number of ketones is 1. The monoisotopic (exact) mass is 251 g/mol. The highest BCUT2D eigenvalue weighted by Crippen LogP contribution is 2.21. The van der Waals surface area contributed by atoms with E-state index in [0.717, 1.165) is 10.0 Å². The third kappa shape index (κ3) is 2.02. The molecule has 0 bridgehead atoms. The van der Waals surface area contributed by atoms with Crippen molar-refractivity contribution in [3.8, 4) is 6.07 Å². The Balaban J connectivity index is 3.15. The van der Waals surface area contributed by atoms with Gasteiger partial charge in [0.25, 0.3) is 0 Å². The molecular weight excluding hydrogens is 242 g/mol. The Labute approximate surface area is 91.7 Å². The van der Waals surface area contributed by atoms with E-state index in [9.17, 15) is 4.79 Å². The predicted molar refractivity (Wildman–Crippen MR) is 58.0 cm³/mol. The second-order valence-electron chi connectivity index (χ2n) is 3.13. The molecule has 0 aliphatic carbocycles. The number of hydrogen-bond acceptors (Lipinski definition) is 2. The number of carbonyl (C=O) groups excluding carboxylic acids is 1. The Bertz CT molecular complexity index is 406. The van der Waals surface area contributed by atoms with Gasteiger partial charge in [-0.25, -0.2) is 0 Å². The molecule has 0 aromatic heterocycles. The van der Waals surface area contributed by atoms with E-state index < -0.39 is 5.92 Å². The lowest BCUT2D eigenvalue weighted by atomic mass is 9.97. The van der Waals surface area contributed by atoms with Gasteiger partial charge in [-0.1, -0.05) is 28.1 Å². The van der Waals surface area contributed by atoms with E-state index >= 15 is 0 Å². The summed E-state index contributed by atoms with van der Waals surface area (Å²) in [5.41, 5.74) is 1.51. The van der Waals surface area contributed by atoms with Crippen LogP contribution in [-0.4, -0.2) is 5.78 Å². The number of benzene rings is 1. The molecule has 0 saturated carbocycles. The minimum Gasteiger partial charge on any atom is -0.293 e. The number of nitriles is 1. The van der Waals surface area contributed by atoms with Crippen molar-refractivity contribution in [2.75, 3.05) is 0 Å². The van der Waals surface area contributed by atoms with Crippen LogP contribution in [0.1, 0.15) is 22.8 Å². The maximum Gasteiger partial charge on any atom is 0.179 e. The Morgan fingerprint density at radius 2 is 2.21 bits per heavy atom. The maximum absolute atomic E-state index is 11.7. The molecular formula is C11H10BrNO. The van der Waals surface area contributed by atoms with Gasteiger partial charge in [0.05, 0.1) is 6.07 Å². The predicted octanol–water partition coefficient (Wildman–Crippen LogP) is 3.10. The van der Waals surface area contributed by atoms with Gasteiger partial charge in [0.1, 0.15) is 5.92 Å². The summed E-state index contributed by atoms with van der Waals surface area (Å²) < 4.78 is 0.897. The summed E-state index contributed by atoms with van der Waals surface area (Å²) in [7, 11) is 0. The molecule has 0 radical (unpaired) electrons. The molecule has 1 aromatic carbocycles. The summed E-state index contributed by atoms with van der Waals surface area (Å²) in [4.78, 5) is 11.7. The smallest absolute Gasteiger partial charge is 0.179 e. The first-order valence-corrected chi connectivity index (χ1v) is 5.06. The Morgan fingerprint density at radius 3 is 2.79 bits per heavy atom. The highest BCUT2D eigenvalue weighted by atomic mass is 79.9. The van der Waals surface area contributed by atoms with Gasteiger partial charge in [0.15, 0.2) is 5.78 Å². The molecule has 0 spiro atoms. The Morgan fingerprint density at radius 1 is 1.57 bits per heavy atom. The van der Waals surface area contributed by atoms with Crippen molar-refractivity contribution in [1.82, 2.24) is 0 Å². The quantitative estimate of drug-likeness (QED) is 0.759. The molecule has 2 nitrogen and oxygen atoms in total. The fourth-order valence-electron chi connectivity index (χ4n) is 1.17. The average molecular weight is 252 g/mol. The summed E-state index contributed by atoms with van der Waals surface area (Å²) in [5.74, 6) is -0.700. The first-order valence-electron chi connectivity index (χ1n) is 4.27. The van der Waals surface area contributed by atoms with Crippen LogP contribution in [-0.2, 0) is 0 Å². The number of halogens is 1. The number of rotatable bonds is 2. The average Bonchev–Trinajstić information content (AvgIpc) is 2.20. The van der Waals surface area contributed by atoms with Crippen molar-refractivity contribution >= 4 is 21.7 Å². The molecule has 1 atom stereocenters. The van der Waals surface area contributed by atoms with Crippen LogP contribution in [0.25, 0.3) is 0 Å². The van der Waals surface area contributed by atoms with E-state index in [0.29, 0.717) is 5.56 Å². The molecule has 0 aliphatic heterocycles. The summed E-state index contributed by atoms with van der Waals surface area (Å²) in [6, 6.07) is 7.37. The normalized spacial score (nSPS) is 11.9. The van der Waals surface area contributed by atoms with Crippen LogP contribution in [0.15, 0.2) is 22.7 Å². The lowest BCUT2D eigenvalue weighted by molar-refractivity contribution is 0.0956. The molecule has 72 valence electrons. The van der Waals surface area contributed by atoms with Gasteiger partial charge in [-0.3, -0.25) is 4.79 Å². The fourth-order valence-corrected chi connectivity index (χ4v) is 1.53. The van der Waals surface area contributed by atoms with Crippen LogP contribution >= 0.6 is 15.9 Å². The zero-order valence-corrected chi connectivity index (χ0v) is 9.63. The van der Waals surface area contributed by atoms with Crippen LogP contribution in [0.3, 0.4) is 0 Å². The molecule has 1 unspecified atom stereocenters. The summed E-state index contributed by atoms with van der Waals surface area (Å²) in [6.07, 6.45) is 0. The first kappa shape index (κ1) is 10.9. The van der Waals surface area contributed by atoms with Crippen LogP contribution < -0.4 is 0 Å². The Kier molecular flexibility index (Phi) is 3.43. The summed E-state index contributed by atoms with van der Waals surface area (Å²) >= 11 is 3.35. The van der Waals surface area contributed by atoms with Gasteiger partial charge in [0, 0.05) is 10.0 Å². The van der Waals surface area contributed by atoms with E-state index in [4.69, 9.17) is 5.26 Å². The van der Waals surface area contributed by atoms with Crippen molar-refractivity contribution in [2.24, 2.45) is 5.92 Å². The van der Waals surface area contributed by atoms with Gasteiger partial charge in [-0.15, -0.1) is 0 Å². The third-order valence-corrected chi connectivity index (χ3v) is 2.98. The minimum absolute atomic E-state index is 0.119. The van der Waals surface area contributed by atoms with Crippen molar-refractivity contribution < 1.29 is 4.79 Å². The molecule has 0 N–H and O–H groups in total. The van der Waals surface area contributed by atoms with Crippen molar-refractivity contribution in [3.05, 3.63) is 33.8 Å². The van der Waals surface area contributed by atoms with E-state index in [2.05, 4.69) is 15.9 Å². The number of nitrogens with zero attached hydrogens (tertiary/aromatic N) is 1. The number of carbonyl (C=O) groups is 1. The largest absolute Gasteiger partial charge is 0.293 e. The molecule has 3 heteroatoms. The standard InChI is InChI=1S/C11H10BrNO/c1-7(6-13)11(14)9-4-3-5-10(12)8(9)2/h3-5,7H,1-2H3. The highest BCUT2D eigenvalue weighted by Gasteiger charge is 2.16. The first-order chi connectivity index (χ1) is 6.57. The lowest BCUT2D eigenvalue weighted by Crippen LogP contribution is -2.10. The summed E-state index contributed by atoms with van der Waals surface area (Å²) in [6.45, 7) is 3.48. The van der Waals surface area contributed by atoms with Gasteiger partial charge in [0.2, 0.25) is 0 Å². The van der Waals surface area contributed by atoms with Gasteiger partial charge < -0.3 is 0 Å². The topological polar surface area (TPSA) is 40.9 Å². The SMILES string of the molecule is Cc1c(Br)cccc1C(=O)C(C)C#N. The molecule has 0 heterocycles. The molecule has 14 heavy (non-hydrogen) atoms. The fraction of sp³-hybridized carbons (Fsp3) is 0.273. The van der Waals surface area contributed by atoms with E-state index in [-0.39, 0.29) is 5.78 Å². The van der Waals surface area contributed by atoms with Gasteiger partial charge in [-0.05, 0) is 25.5 Å². The zero-order valence-electron chi connectivity index (χ0n) is 8.04. The van der Waals surface area contributed by atoms with Gasteiger partial charge in [-0.2, -0.15) is 5.26 Å². The molecule has 0 aliphatic rings. The molecule has 1 rings (SSSR count). The molecule has 0 saturated heterocycles. The van der Waals surface area contributed by atoms with E-state index in [1.807, 2.05) is 19.1 Å². The number of hydrogen-bond donors (Lipinski definition) is 0. The second-order valence-corrected chi connectivity index (χ2v) is 3.98. The summed E-state index contributed by atoms with van der Waals surface area (Å²) in [5, 5.41) is 8.64. The van der Waals surface area contributed by atoms with Crippen LogP contribution in [0.4, 0.5) is 0 Å². The second kappa shape index (κ2) is 4.39. The molecule has 0 fully saturated rings. The van der Waals surface area contributed by atoms with Crippen molar-refractivity contribution in [3.63, 3.8) is 0 Å². The number of Topliss-reactive ketones (excluding diaryl/α,β-unsaturated/α-hetero) is 1. The molecule has 0 amide bonds. The molecule has 1 aromatic rings. The van der Waals surface area contributed by atoms with Crippen molar-refractivity contribution in [2.45, 2.75) is 13.8 Å². The highest BCUT2D eigenvalue weighted by molar-refractivity contribution is 9.10.